The largest absolute Gasteiger partial charge is 0.375 e. The highest BCUT2D eigenvalue weighted by molar-refractivity contribution is 7.92. The summed E-state index contributed by atoms with van der Waals surface area (Å²) in [7, 11) is -3.49. The first-order valence-electron chi connectivity index (χ1n) is 26.0. The van der Waals surface area contributed by atoms with Crippen LogP contribution < -0.4 is 10.2 Å². The van der Waals surface area contributed by atoms with E-state index in [0.717, 1.165) is 60.6 Å². The maximum absolute atomic E-state index is 15.4. The zero-order valence-corrected chi connectivity index (χ0v) is 43.5. The maximum atomic E-state index is 15.4. The Bertz CT molecular complexity index is 2460. The summed E-state index contributed by atoms with van der Waals surface area (Å²) in [4.78, 5) is 49.1. The number of likely N-dealkylation sites (tertiary alicyclic amines) is 3. The highest BCUT2D eigenvalue weighted by atomic mass is 35.5. The van der Waals surface area contributed by atoms with Crippen LogP contribution in [0.4, 0.5) is 5.69 Å². The van der Waals surface area contributed by atoms with Gasteiger partial charge in [-0.15, -0.1) is 0 Å². The summed E-state index contributed by atoms with van der Waals surface area (Å²) in [6.07, 6.45) is 13.2. The summed E-state index contributed by atoms with van der Waals surface area (Å²) in [5, 5.41) is 3.19. The number of hydrogen-bond donors (Lipinski definition) is 1. The molecule has 3 aromatic carbocycles. The molecular weight excluding hydrogens is 926 g/mol. The normalized spacial score (nSPS) is 26.4. The molecule has 5 aliphatic heterocycles. The molecule has 5 fully saturated rings. The van der Waals surface area contributed by atoms with Gasteiger partial charge in [-0.1, -0.05) is 73.4 Å². The van der Waals surface area contributed by atoms with Crippen LogP contribution in [-0.4, -0.2) is 104 Å². The fourth-order valence-corrected chi connectivity index (χ4v) is 14.5. The second-order valence-electron chi connectivity index (χ2n) is 22.2. The predicted octanol–water partition coefficient (Wildman–Crippen LogP) is 10.4. The van der Waals surface area contributed by atoms with Crippen molar-refractivity contribution in [3.8, 4) is 0 Å². The summed E-state index contributed by atoms with van der Waals surface area (Å²) < 4.78 is 27.4. The van der Waals surface area contributed by atoms with Gasteiger partial charge in [-0.3, -0.25) is 19.7 Å². The van der Waals surface area contributed by atoms with Gasteiger partial charge in [0.1, 0.15) is 0 Å². The number of piperidine rings is 5. The van der Waals surface area contributed by atoms with E-state index in [0.29, 0.717) is 35.7 Å². The van der Waals surface area contributed by atoms with Crippen molar-refractivity contribution in [2.75, 3.05) is 56.5 Å². The lowest BCUT2D eigenvalue weighted by molar-refractivity contribution is -0.155. The quantitative estimate of drug-likeness (QED) is 0.159. The van der Waals surface area contributed by atoms with Gasteiger partial charge in [-0.05, 0) is 168 Å². The number of imide groups is 1. The Hall–Kier alpha value is -3.90. The molecule has 5 heterocycles. The van der Waals surface area contributed by atoms with Gasteiger partial charge >= 0.3 is 0 Å². The standard InChI is InChI=1S/C56H73Cl2N5O5S/c1-37(2)51(36-69(67,68)38(3)4)63-53(43-8-12-45(57)13-9-43)50(44-6-5-7-46(58)31-44)34-56(55(63)66)32-48(33-56)62-26-20-40(21-27-62)30-39-18-24-60(25-19-39)35-41-22-28-61(29-23-41)47-14-10-42(11-15-47)49-16-17-52(64)59-54(49)65/h5-15,31-32,37-41,49-51,53H,16-30,33-36H2,1-4H3,(H,59,64,65)/t49?,50-,51-,53-,56+/m1/s1. The van der Waals surface area contributed by atoms with Crippen molar-refractivity contribution in [3.63, 3.8) is 0 Å². The topological polar surface area (TPSA) is 110 Å². The molecule has 0 bridgehead atoms. The first-order valence-corrected chi connectivity index (χ1v) is 28.5. The van der Waals surface area contributed by atoms with Crippen LogP contribution in [0, 0.1) is 29.1 Å². The van der Waals surface area contributed by atoms with Crippen LogP contribution in [0.2, 0.25) is 10.0 Å². The van der Waals surface area contributed by atoms with E-state index in [-0.39, 0.29) is 41.2 Å². The molecule has 5 saturated heterocycles. The zero-order chi connectivity index (χ0) is 48.6. The molecule has 372 valence electrons. The third-order valence-corrected chi connectivity index (χ3v) is 19.8. The number of halogens is 2. The Morgan fingerprint density at radius 2 is 1.32 bits per heavy atom. The van der Waals surface area contributed by atoms with E-state index in [1.54, 1.807) is 13.8 Å². The number of anilines is 1. The van der Waals surface area contributed by atoms with Crippen LogP contribution in [0.3, 0.4) is 0 Å². The minimum absolute atomic E-state index is 0.0319. The lowest BCUT2D eigenvalue weighted by Gasteiger charge is -2.56. The molecule has 13 heteroatoms. The van der Waals surface area contributed by atoms with Crippen LogP contribution in [0.1, 0.15) is 133 Å². The highest BCUT2D eigenvalue weighted by Crippen LogP contribution is 2.58. The molecule has 5 atom stereocenters. The summed E-state index contributed by atoms with van der Waals surface area (Å²) in [6, 6.07) is 23.2. The third-order valence-electron chi connectivity index (χ3n) is 17.0. The number of nitrogens with zero attached hydrogens (tertiary/aromatic N) is 4. The molecule has 3 amide bonds. The van der Waals surface area contributed by atoms with E-state index in [1.165, 1.54) is 76.0 Å². The van der Waals surface area contributed by atoms with E-state index < -0.39 is 32.6 Å². The third kappa shape index (κ3) is 11.1. The van der Waals surface area contributed by atoms with Gasteiger partial charge in [0.25, 0.3) is 0 Å². The van der Waals surface area contributed by atoms with Gasteiger partial charge in [0.05, 0.1) is 28.4 Å². The first kappa shape index (κ1) is 50.1. The van der Waals surface area contributed by atoms with Crippen LogP contribution in [-0.2, 0) is 24.2 Å². The van der Waals surface area contributed by atoms with Crippen molar-refractivity contribution >= 4 is 56.4 Å². The number of amides is 3. The summed E-state index contributed by atoms with van der Waals surface area (Å²) >= 11 is 13.1. The lowest BCUT2D eigenvalue weighted by Crippen LogP contribution is -2.61. The number of nitrogens with one attached hydrogen (secondary N) is 1. The average molecular weight is 999 g/mol. The highest BCUT2D eigenvalue weighted by Gasteiger charge is 2.57. The fourth-order valence-electron chi connectivity index (χ4n) is 12.7. The van der Waals surface area contributed by atoms with Crippen molar-refractivity contribution in [3.05, 3.63) is 111 Å². The second-order valence-corrected chi connectivity index (χ2v) is 25.6. The minimum atomic E-state index is -3.49. The summed E-state index contributed by atoms with van der Waals surface area (Å²) in [6.45, 7) is 15.3. The van der Waals surface area contributed by atoms with Crippen LogP contribution in [0.25, 0.3) is 0 Å². The van der Waals surface area contributed by atoms with E-state index in [4.69, 9.17) is 23.2 Å². The van der Waals surface area contributed by atoms with Gasteiger partial charge < -0.3 is 19.6 Å². The Labute approximate surface area is 421 Å². The SMILES string of the molecule is CC(C)[C@@H](CS(=O)(=O)C(C)C)N1C(=O)[C@]2(C=C(N3CCC(CC4CCN(CC5CCN(c6ccc(C7CCC(=O)NC7=O)cc6)CC5)CC4)CC3)C2)C[C@H](c2cccc(Cl)c2)[C@H]1c1ccc(Cl)cc1. The molecular formula is C56H73Cl2N5O5S. The van der Waals surface area contributed by atoms with Crippen molar-refractivity contribution in [2.24, 2.45) is 29.1 Å². The number of benzene rings is 3. The molecule has 1 spiro atoms. The van der Waals surface area contributed by atoms with E-state index in [1.807, 2.05) is 61.2 Å². The first-order chi connectivity index (χ1) is 33.1. The smallest absolute Gasteiger partial charge is 0.234 e. The molecule has 0 radical (unpaired) electrons. The number of allylic oxidation sites excluding steroid dienone is 1. The Morgan fingerprint density at radius 3 is 1.93 bits per heavy atom. The Morgan fingerprint density at radius 1 is 0.710 bits per heavy atom. The fraction of sp³-hybridized carbons (Fsp3) is 0.589. The number of sulfone groups is 1. The van der Waals surface area contributed by atoms with Gasteiger partial charge in [0.15, 0.2) is 9.84 Å². The second kappa shape index (κ2) is 21.1. The van der Waals surface area contributed by atoms with Gasteiger partial charge in [0, 0.05) is 79.0 Å². The van der Waals surface area contributed by atoms with E-state index in [2.05, 4.69) is 56.4 Å². The average Bonchev–Trinajstić information content (AvgIpc) is 3.32. The number of rotatable bonds is 14. The Kier molecular flexibility index (Phi) is 15.3. The number of hydrogen-bond acceptors (Lipinski definition) is 8. The van der Waals surface area contributed by atoms with Crippen LogP contribution >= 0.6 is 23.2 Å². The van der Waals surface area contributed by atoms with Crippen molar-refractivity contribution in [2.45, 2.75) is 127 Å². The van der Waals surface area contributed by atoms with Gasteiger partial charge in [-0.2, -0.15) is 0 Å². The summed E-state index contributed by atoms with van der Waals surface area (Å²) in [5.74, 6) is 1.37. The number of carbonyl (C=O) groups excluding carboxylic acids is 3. The van der Waals surface area contributed by atoms with E-state index in [9.17, 15) is 18.0 Å². The lowest BCUT2D eigenvalue weighted by atomic mass is 9.60. The van der Waals surface area contributed by atoms with Crippen LogP contribution in [0.5, 0.6) is 0 Å². The molecule has 6 aliphatic rings. The predicted molar refractivity (Wildman–Crippen MR) is 277 cm³/mol. The molecule has 1 unspecified atom stereocenters. The number of carbonyl (C=O) groups is 3. The van der Waals surface area contributed by atoms with E-state index >= 15 is 4.79 Å². The van der Waals surface area contributed by atoms with Crippen molar-refractivity contribution in [1.29, 1.82) is 0 Å². The molecule has 69 heavy (non-hydrogen) atoms. The molecule has 10 nitrogen and oxygen atoms in total. The molecule has 1 N–H and O–H groups in total. The molecule has 0 saturated carbocycles. The molecule has 9 rings (SSSR count). The monoisotopic (exact) mass is 997 g/mol. The van der Waals surface area contributed by atoms with Crippen molar-refractivity contribution < 1.29 is 22.8 Å². The molecule has 3 aromatic rings. The molecule has 1 aliphatic carbocycles. The van der Waals surface area contributed by atoms with Gasteiger partial charge in [0.2, 0.25) is 17.7 Å². The molecule has 0 aromatic heterocycles. The maximum Gasteiger partial charge on any atom is 0.234 e. The van der Waals surface area contributed by atoms with Crippen molar-refractivity contribution in [1.82, 2.24) is 20.0 Å². The summed E-state index contributed by atoms with van der Waals surface area (Å²) in [5.41, 5.74) is 4.74. The van der Waals surface area contributed by atoms with Crippen LogP contribution in [0.15, 0.2) is 84.6 Å². The Balaban J connectivity index is 0.790. The minimum Gasteiger partial charge on any atom is -0.375 e. The van der Waals surface area contributed by atoms with Gasteiger partial charge in [-0.25, -0.2) is 8.42 Å². The zero-order valence-electron chi connectivity index (χ0n) is 41.1.